The molecule has 0 saturated heterocycles. The van der Waals surface area contributed by atoms with E-state index >= 15 is 0 Å². The number of aryl methyl sites for hydroxylation is 1. The molecule has 1 amide bonds. The van der Waals surface area contributed by atoms with E-state index in [1.54, 1.807) is 6.07 Å². The van der Waals surface area contributed by atoms with Crippen LogP contribution in [0.2, 0.25) is 0 Å². The molecule has 1 aromatic heterocycles. The van der Waals surface area contributed by atoms with E-state index in [2.05, 4.69) is 5.32 Å². The molecule has 1 heterocycles. The number of carboxylic acid groups (broad SMARTS) is 1. The maximum atomic E-state index is 11.5. The Bertz CT molecular complexity index is 388. The van der Waals surface area contributed by atoms with E-state index in [1.807, 2.05) is 13.0 Å². The summed E-state index contributed by atoms with van der Waals surface area (Å²) in [4.78, 5) is 23.4. The second-order valence-electron chi connectivity index (χ2n) is 3.31. The summed E-state index contributed by atoms with van der Waals surface area (Å²) in [5.74, 6) is -1.52. The lowest BCUT2D eigenvalue weighted by Crippen LogP contribution is -2.29. The number of carbonyl (C=O) groups is 2. The van der Waals surface area contributed by atoms with Crippen molar-refractivity contribution in [2.75, 3.05) is 6.54 Å². The van der Waals surface area contributed by atoms with Gasteiger partial charge in [-0.05, 0) is 19.1 Å². The molecule has 1 rings (SSSR count). The summed E-state index contributed by atoms with van der Waals surface area (Å²) in [6, 6.07) is 3.55. The van der Waals surface area contributed by atoms with Crippen LogP contribution in [0.1, 0.15) is 21.0 Å². The van der Waals surface area contributed by atoms with Crippen molar-refractivity contribution in [3.63, 3.8) is 0 Å². The van der Waals surface area contributed by atoms with Gasteiger partial charge in [0.1, 0.15) is 0 Å². The van der Waals surface area contributed by atoms with Crippen LogP contribution in [0, 0.1) is 6.92 Å². The molecule has 3 N–H and O–H groups in total. The molecule has 5 nitrogen and oxygen atoms in total. The van der Waals surface area contributed by atoms with Crippen LogP contribution in [0.5, 0.6) is 0 Å². The van der Waals surface area contributed by atoms with Crippen LogP contribution in [0.15, 0.2) is 12.1 Å². The second-order valence-corrected chi connectivity index (χ2v) is 4.60. The molecule has 0 fully saturated rings. The Balaban J connectivity index is 2.34. The fraction of sp³-hybridized carbons (Fsp3) is 0.400. The zero-order chi connectivity index (χ0) is 12.1. The van der Waals surface area contributed by atoms with E-state index in [0.29, 0.717) is 4.88 Å². The summed E-state index contributed by atoms with van der Waals surface area (Å²) in [6.45, 7) is 2.04. The first kappa shape index (κ1) is 12.7. The average Bonchev–Trinajstić information content (AvgIpc) is 2.64. The molecule has 0 bridgehead atoms. The zero-order valence-electron chi connectivity index (χ0n) is 8.77. The van der Waals surface area contributed by atoms with E-state index in [9.17, 15) is 9.59 Å². The van der Waals surface area contributed by atoms with E-state index in [4.69, 9.17) is 10.2 Å². The van der Waals surface area contributed by atoms with Crippen LogP contribution >= 0.6 is 11.3 Å². The van der Waals surface area contributed by atoms with Crippen molar-refractivity contribution in [1.29, 1.82) is 0 Å². The minimum atomic E-state index is -1.43. The van der Waals surface area contributed by atoms with Crippen LogP contribution in [-0.4, -0.2) is 34.7 Å². The van der Waals surface area contributed by atoms with Crippen LogP contribution in [0.3, 0.4) is 0 Å². The number of hydrogen-bond donors (Lipinski definition) is 3. The highest BCUT2D eigenvalue weighted by molar-refractivity contribution is 7.13. The summed E-state index contributed by atoms with van der Waals surface area (Å²) in [6.07, 6.45) is -1.42. The van der Waals surface area contributed by atoms with Gasteiger partial charge in [-0.2, -0.15) is 0 Å². The van der Waals surface area contributed by atoms with Crippen molar-refractivity contribution in [2.45, 2.75) is 19.4 Å². The van der Waals surface area contributed by atoms with Crippen molar-refractivity contribution in [3.8, 4) is 0 Å². The third-order valence-corrected chi connectivity index (χ3v) is 2.95. The second kappa shape index (κ2) is 5.62. The van der Waals surface area contributed by atoms with E-state index < -0.39 is 12.1 Å². The van der Waals surface area contributed by atoms with Crippen LogP contribution in [-0.2, 0) is 4.79 Å². The van der Waals surface area contributed by atoms with Gasteiger partial charge in [-0.1, -0.05) is 0 Å². The topological polar surface area (TPSA) is 86.6 Å². The third-order valence-electron chi connectivity index (χ3n) is 1.95. The van der Waals surface area contributed by atoms with Crippen molar-refractivity contribution in [1.82, 2.24) is 5.32 Å². The van der Waals surface area contributed by atoms with E-state index in [1.165, 1.54) is 11.3 Å². The van der Waals surface area contributed by atoms with Crippen molar-refractivity contribution in [2.24, 2.45) is 0 Å². The molecule has 88 valence electrons. The summed E-state index contributed by atoms with van der Waals surface area (Å²) >= 11 is 1.37. The highest BCUT2D eigenvalue weighted by Crippen LogP contribution is 2.14. The standard InChI is InChI=1S/C10H13NO4S/c1-6-2-3-8(16-6)9(13)11-5-4-7(12)10(14)15/h2-3,7,12H,4-5H2,1H3,(H,11,13)(H,14,15)/t7-/m0/s1. The number of nitrogens with one attached hydrogen (secondary N) is 1. The molecule has 1 aromatic rings. The normalized spacial score (nSPS) is 12.1. The summed E-state index contributed by atoms with van der Waals surface area (Å²) in [7, 11) is 0. The monoisotopic (exact) mass is 243 g/mol. The minimum Gasteiger partial charge on any atom is -0.479 e. The Kier molecular flexibility index (Phi) is 4.45. The van der Waals surface area contributed by atoms with Crippen LogP contribution < -0.4 is 5.32 Å². The maximum Gasteiger partial charge on any atom is 0.332 e. The summed E-state index contributed by atoms with van der Waals surface area (Å²) < 4.78 is 0. The minimum absolute atomic E-state index is 0.00539. The van der Waals surface area contributed by atoms with Crippen molar-refractivity contribution >= 4 is 23.2 Å². The van der Waals surface area contributed by atoms with Gasteiger partial charge in [0, 0.05) is 17.8 Å². The summed E-state index contributed by atoms with van der Waals surface area (Å²) in [5.41, 5.74) is 0. The van der Waals surface area contributed by atoms with Crippen molar-refractivity contribution in [3.05, 3.63) is 21.9 Å². The lowest BCUT2D eigenvalue weighted by molar-refractivity contribution is -0.146. The Morgan fingerprint density at radius 1 is 1.50 bits per heavy atom. The molecule has 0 spiro atoms. The molecule has 0 radical (unpaired) electrons. The molecule has 0 aromatic carbocycles. The maximum absolute atomic E-state index is 11.5. The molecule has 0 saturated carbocycles. The number of aliphatic hydroxyl groups is 1. The summed E-state index contributed by atoms with van der Waals surface area (Å²) in [5, 5.41) is 19.9. The first-order chi connectivity index (χ1) is 7.50. The number of thiophene rings is 1. The fourth-order valence-electron chi connectivity index (χ4n) is 1.09. The lowest BCUT2D eigenvalue weighted by atomic mass is 10.2. The quantitative estimate of drug-likeness (QED) is 0.707. The van der Waals surface area contributed by atoms with Gasteiger partial charge in [0.15, 0.2) is 6.10 Å². The number of rotatable bonds is 5. The van der Waals surface area contributed by atoms with Gasteiger partial charge in [0.25, 0.3) is 5.91 Å². The largest absolute Gasteiger partial charge is 0.479 e. The van der Waals surface area contributed by atoms with Crippen LogP contribution in [0.25, 0.3) is 0 Å². The smallest absolute Gasteiger partial charge is 0.332 e. The highest BCUT2D eigenvalue weighted by Gasteiger charge is 2.13. The lowest BCUT2D eigenvalue weighted by Gasteiger charge is -2.06. The van der Waals surface area contributed by atoms with Crippen LogP contribution in [0.4, 0.5) is 0 Å². The Hall–Kier alpha value is -1.40. The molecular formula is C10H13NO4S. The number of aliphatic carboxylic acids is 1. The number of carbonyl (C=O) groups excluding carboxylic acids is 1. The molecular weight excluding hydrogens is 230 g/mol. The molecule has 0 unspecified atom stereocenters. The third kappa shape index (κ3) is 3.63. The van der Waals surface area contributed by atoms with Gasteiger partial charge < -0.3 is 15.5 Å². The molecule has 1 atom stereocenters. The number of hydrogen-bond acceptors (Lipinski definition) is 4. The zero-order valence-corrected chi connectivity index (χ0v) is 9.58. The predicted octanol–water partition coefficient (Wildman–Crippen LogP) is 0.622. The van der Waals surface area contributed by atoms with E-state index in [0.717, 1.165) is 4.88 Å². The van der Waals surface area contributed by atoms with Gasteiger partial charge in [0.05, 0.1) is 4.88 Å². The molecule has 6 heteroatoms. The molecule has 0 aliphatic heterocycles. The van der Waals surface area contributed by atoms with Gasteiger partial charge in [-0.25, -0.2) is 4.79 Å². The number of aliphatic hydroxyl groups excluding tert-OH is 1. The Morgan fingerprint density at radius 3 is 2.69 bits per heavy atom. The number of amides is 1. The highest BCUT2D eigenvalue weighted by atomic mass is 32.1. The Labute approximate surface area is 96.7 Å². The fourth-order valence-corrected chi connectivity index (χ4v) is 1.87. The first-order valence-corrected chi connectivity index (χ1v) is 5.58. The van der Waals surface area contributed by atoms with Gasteiger partial charge >= 0.3 is 5.97 Å². The average molecular weight is 243 g/mol. The van der Waals surface area contributed by atoms with E-state index in [-0.39, 0.29) is 18.9 Å². The predicted molar refractivity (Wildman–Crippen MR) is 59.6 cm³/mol. The first-order valence-electron chi connectivity index (χ1n) is 4.76. The van der Waals surface area contributed by atoms with Gasteiger partial charge in [-0.3, -0.25) is 4.79 Å². The molecule has 16 heavy (non-hydrogen) atoms. The van der Waals surface area contributed by atoms with Gasteiger partial charge in [0.2, 0.25) is 0 Å². The Morgan fingerprint density at radius 2 is 2.19 bits per heavy atom. The molecule has 0 aliphatic rings. The number of carboxylic acids is 1. The molecule has 0 aliphatic carbocycles. The SMILES string of the molecule is Cc1ccc(C(=O)NCC[C@H](O)C(=O)O)s1. The van der Waals surface area contributed by atoms with Gasteiger partial charge in [-0.15, -0.1) is 11.3 Å². The van der Waals surface area contributed by atoms with Crippen molar-refractivity contribution < 1.29 is 19.8 Å².